The first-order valence-corrected chi connectivity index (χ1v) is 14.0. The fourth-order valence-corrected chi connectivity index (χ4v) is 7.05. The minimum absolute atomic E-state index is 0.0544. The maximum absolute atomic E-state index is 13.4. The maximum Gasteiger partial charge on any atom is 0.322 e. The molecule has 3 aliphatic rings. The number of carbonyl (C=O) groups is 2. The quantitative estimate of drug-likeness (QED) is 0.417. The molecule has 1 spiro atoms. The number of nitrogens with one attached hydrogen (secondary N) is 1. The van der Waals surface area contributed by atoms with Crippen molar-refractivity contribution in [2.24, 2.45) is 5.92 Å². The summed E-state index contributed by atoms with van der Waals surface area (Å²) < 4.78 is 5.27. The van der Waals surface area contributed by atoms with E-state index in [0.29, 0.717) is 25.4 Å². The van der Waals surface area contributed by atoms with Crippen LogP contribution in [0.1, 0.15) is 56.2 Å². The SMILES string of the molecule is COc1ccc(CN2C(=O)Cc3c2cccc3N2CC3(CCC(c4ccccc4)(C(C)C)CC3)NC2=O)cc1. The van der Waals surface area contributed by atoms with Gasteiger partial charge in [0.25, 0.3) is 0 Å². The average molecular weight is 524 g/mol. The Morgan fingerprint density at radius 3 is 2.23 bits per heavy atom. The fourth-order valence-electron chi connectivity index (χ4n) is 7.05. The van der Waals surface area contributed by atoms with E-state index >= 15 is 0 Å². The Hall–Kier alpha value is -3.80. The van der Waals surface area contributed by atoms with Crippen LogP contribution in [0.2, 0.25) is 0 Å². The van der Waals surface area contributed by atoms with E-state index in [4.69, 9.17) is 4.74 Å². The predicted molar refractivity (Wildman–Crippen MR) is 154 cm³/mol. The molecular weight excluding hydrogens is 486 g/mol. The second-order valence-electron chi connectivity index (χ2n) is 11.8. The molecule has 202 valence electrons. The number of hydrogen-bond donors (Lipinski definition) is 1. The molecule has 3 aromatic rings. The number of amides is 3. The number of urea groups is 1. The third-order valence-corrected chi connectivity index (χ3v) is 9.47. The van der Waals surface area contributed by atoms with E-state index in [1.807, 2.05) is 52.3 Å². The van der Waals surface area contributed by atoms with E-state index in [1.54, 1.807) is 7.11 Å². The minimum atomic E-state index is -0.238. The van der Waals surface area contributed by atoms with Crippen molar-refractivity contribution in [1.29, 1.82) is 0 Å². The summed E-state index contributed by atoms with van der Waals surface area (Å²) in [4.78, 5) is 30.3. The van der Waals surface area contributed by atoms with E-state index in [2.05, 4.69) is 49.5 Å². The van der Waals surface area contributed by atoms with E-state index in [0.717, 1.165) is 53.9 Å². The van der Waals surface area contributed by atoms with Gasteiger partial charge in [-0.1, -0.05) is 62.4 Å². The van der Waals surface area contributed by atoms with Crippen LogP contribution in [0.3, 0.4) is 0 Å². The van der Waals surface area contributed by atoms with Crippen LogP contribution < -0.4 is 19.9 Å². The lowest BCUT2D eigenvalue weighted by Gasteiger charge is -2.47. The van der Waals surface area contributed by atoms with Gasteiger partial charge < -0.3 is 15.0 Å². The highest BCUT2D eigenvalue weighted by Gasteiger charge is 2.51. The first-order chi connectivity index (χ1) is 18.8. The molecule has 2 fully saturated rings. The lowest BCUT2D eigenvalue weighted by atomic mass is 9.59. The molecule has 1 saturated heterocycles. The number of methoxy groups -OCH3 is 1. The molecule has 39 heavy (non-hydrogen) atoms. The molecule has 3 aromatic carbocycles. The van der Waals surface area contributed by atoms with Crippen molar-refractivity contribution >= 4 is 23.3 Å². The zero-order valence-electron chi connectivity index (χ0n) is 23.1. The third kappa shape index (κ3) is 4.36. The monoisotopic (exact) mass is 523 g/mol. The first-order valence-electron chi connectivity index (χ1n) is 14.0. The summed E-state index contributed by atoms with van der Waals surface area (Å²) >= 11 is 0. The van der Waals surface area contributed by atoms with Gasteiger partial charge >= 0.3 is 6.03 Å². The van der Waals surface area contributed by atoms with E-state index in [9.17, 15) is 9.59 Å². The molecule has 0 unspecified atom stereocenters. The molecule has 2 aliphatic heterocycles. The second kappa shape index (κ2) is 9.74. The summed E-state index contributed by atoms with van der Waals surface area (Å²) in [6, 6.07) is 24.6. The molecule has 0 atom stereocenters. The molecule has 1 aliphatic carbocycles. The summed E-state index contributed by atoms with van der Waals surface area (Å²) in [5.41, 5.74) is 5.04. The largest absolute Gasteiger partial charge is 0.497 e. The zero-order chi connectivity index (χ0) is 27.2. The van der Waals surface area contributed by atoms with Gasteiger partial charge in [0.2, 0.25) is 5.91 Å². The Labute approximate surface area is 231 Å². The van der Waals surface area contributed by atoms with Crippen molar-refractivity contribution in [3.05, 3.63) is 89.5 Å². The summed E-state index contributed by atoms with van der Waals surface area (Å²) in [5.74, 6) is 1.37. The average Bonchev–Trinajstić information content (AvgIpc) is 3.45. The molecule has 0 radical (unpaired) electrons. The van der Waals surface area contributed by atoms with Crippen LogP contribution in [-0.2, 0) is 23.2 Å². The maximum atomic E-state index is 13.4. The van der Waals surface area contributed by atoms with Gasteiger partial charge in [-0.05, 0) is 72.4 Å². The van der Waals surface area contributed by atoms with Crippen molar-refractivity contribution in [2.75, 3.05) is 23.5 Å². The number of ether oxygens (including phenoxy) is 1. The number of fused-ring (bicyclic) bond motifs is 1. The summed E-state index contributed by atoms with van der Waals surface area (Å²) in [5, 5.41) is 3.39. The van der Waals surface area contributed by atoms with Crippen molar-refractivity contribution in [3.8, 4) is 5.75 Å². The molecular formula is C33H37N3O3. The summed E-state index contributed by atoms with van der Waals surface area (Å²) in [6.07, 6.45) is 4.29. The van der Waals surface area contributed by atoms with Gasteiger partial charge in [0, 0.05) is 11.3 Å². The van der Waals surface area contributed by atoms with Crippen LogP contribution in [0.4, 0.5) is 16.2 Å². The van der Waals surface area contributed by atoms with E-state index < -0.39 is 0 Å². The van der Waals surface area contributed by atoms with Crippen molar-refractivity contribution < 1.29 is 14.3 Å². The number of benzene rings is 3. The number of hydrogen-bond acceptors (Lipinski definition) is 3. The van der Waals surface area contributed by atoms with E-state index in [-0.39, 0.29) is 22.9 Å². The van der Waals surface area contributed by atoms with Crippen LogP contribution >= 0.6 is 0 Å². The highest BCUT2D eigenvalue weighted by Crippen LogP contribution is 2.50. The third-order valence-electron chi connectivity index (χ3n) is 9.47. The normalized spacial score (nSPS) is 24.4. The second-order valence-corrected chi connectivity index (χ2v) is 11.8. The first kappa shape index (κ1) is 25.5. The van der Waals surface area contributed by atoms with Crippen LogP contribution in [-0.4, -0.2) is 31.1 Å². The molecule has 3 amide bonds. The van der Waals surface area contributed by atoms with Gasteiger partial charge in [0.1, 0.15) is 5.75 Å². The number of carbonyl (C=O) groups excluding carboxylic acids is 2. The van der Waals surface area contributed by atoms with Gasteiger partial charge in [0.05, 0.1) is 37.8 Å². The van der Waals surface area contributed by atoms with Gasteiger partial charge in [0.15, 0.2) is 0 Å². The molecule has 2 heterocycles. The molecule has 1 N–H and O–H groups in total. The fraction of sp³-hybridized carbons (Fsp3) is 0.394. The highest BCUT2D eigenvalue weighted by molar-refractivity contribution is 6.06. The van der Waals surface area contributed by atoms with Crippen molar-refractivity contribution in [2.45, 2.75) is 63.5 Å². The zero-order valence-corrected chi connectivity index (χ0v) is 23.1. The van der Waals surface area contributed by atoms with Gasteiger partial charge in [-0.25, -0.2) is 4.79 Å². The number of anilines is 2. The van der Waals surface area contributed by atoms with Crippen LogP contribution in [0, 0.1) is 5.92 Å². The summed E-state index contributed by atoms with van der Waals surface area (Å²) in [6.45, 7) is 5.78. The highest BCUT2D eigenvalue weighted by atomic mass is 16.5. The topological polar surface area (TPSA) is 61.9 Å². The van der Waals surface area contributed by atoms with Gasteiger partial charge in [-0.2, -0.15) is 0 Å². The number of nitrogens with zero attached hydrogens (tertiary/aromatic N) is 2. The lowest BCUT2D eigenvalue weighted by Crippen LogP contribution is -2.51. The Balaban J connectivity index is 1.23. The lowest BCUT2D eigenvalue weighted by molar-refractivity contribution is -0.117. The summed E-state index contributed by atoms with van der Waals surface area (Å²) in [7, 11) is 1.65. The van der Waals surface area contributed by atoms with Crippen molar-refractivity contribution in [1.82, 2.24) is 5.32 Å². The van der Waals surface area contributed by atoms with Crippen LogP contribution in [0.25, 0.3) is 0 Å². The number of rotatable bonds is 6. The Morgan fingerprint density at radius 1 is 0.872 bits per heavy atom. The molecule has 6 heteroatoms. The molecule has 6 nitrogen and oxygen atoms in total. The molecule has 1 saturated carbocycles. The molecule has 0 bridgehead atoms. The van der Waals surface area contributed by atoms with Gasteiger partial charge in [-0.15, -0.1) is 0 Å². The van der Waals surface area contributed by atoms with Gasteiger partial charge in [-0.3, -0.25) is 9.69 Å². The standard InChI is InChI=1S/C33H37N3O3/c1-23(2)33(25-8-5-4-6-9-25)18-16-32(17-19-33)22-36(31(38)34-32)29-11-7-10-28-27(29)20-30(37)35(28)21-24-12-14-26(39-3)15-13-24/h4-15,23H,16-22H2,1-3H3,(H,34,38). The Kier molecular flexibility index (Phi) is 6.37. The smallest absolute Gasteiger partial charge is 0.322 e. The Bertz CT molecular complexity index is 1380. The van der Waals surface area contributed by atoms with Crippen molar-refractivity contribution in [3.63, 3.8) is 0 Å². The molecule has 6 rings (SSSR count). The minimum Gasteiger partial charge on any atom is -0.497 e. The Morgan fingerprint density at radius 2 is 1.56 bits per heavy atom. The molecule has 0 aromatic heterocycles. The van der Waals surface area contributed by atoms with Crippen LogP contribution in [0.5, 0.6) is 5.75 Å². The van der Waals surface area contributed by atoms with E-state index in [1.165, 1.54) is 5.56 Å². The predicted octanol–water partition coefficient (Wildman–Crippen LogP) is 6.22. The van der Waals surface area contributed by atoms with Crippen LogP contribution in [0.15, 0.2) is 72.8 Å².